The summed E-state index contributed by atoms with van der Waals surface area (Å²) in [6, 6.07) is -0.0391. The van der Waals surface area contributed by atoms with Gasteiger partial charge in [-0.05, 0) is 26.3 Å². The van der Waals surface area contributed by atoms with E-state index >= 15 is 0 Å². The number of nitrogens with zero attached hydrogens (tertiary/aromatic N) is 1. The van der Waals surface area contributed by atoms with Gasteiger partial charge in [0.1, 0.15) is 0 Å². The van der Waals surface area contributed by atoms with Crippen molar-refractivity contribution >= 4 is 11.9 Å². The van der Waals surface area contributed by atoms with Gasteiger partial charge in [-0.25, -0.2) is 4.79 Å². The van der Waals surface area contributed by atoms with Crippen LogP contribution in [0.4, 0.5) is 4.79 Å². The molecule has 0 aliphatic carbocycles. The standard InChI is InChI=1S/C12H23N3O3/c1-10-5-3-4-7-15(10)9-11(16)14-12(17)13-6-8-18-2/h10H,3-9H2,1-2H3,(H2,13,14,16,17)/t10-/m1/s1. The number of nitrogens with one attached hydrogen (secondary N) is 2. The molecule has 1 fully saturated rings. The van der Waals surface area contributed by atoms with Crippen molar-refractivity contribution in [3.8, 4) is 0 Å². The SMILES string of the molecule is COCCNC(=O)NC(=O)CN1CCCC[C@H]1C. The average molecular weight is 257 g/mol. The molecule has 0 aromatic carbocycles. The van der Waals surface area contributed by atoms with Crippen LogP contribution in [0.15, 0.2) is 0 Å². The summed E-state index contributed by atoms with van der Waals surface area (Å²) in [5.74, 6) is -0.251. The maximum absolute atomic E-state index is 11.7. The van der Waals surface area contributed by atoms with E-state index < -0.39 is 6.03 Å². The fourth-order valence-corrected chi connectivity index (χ4v) is 2.05. The van der Waals surface area contributed by atoms with Gasteiger partial charge in [0.05, 0.1) is 13.2 Å². The summed E-state index contributed by atoms with van der Waals surface area (Å²) < 4.78 is 4.80. The molecule has 0 aromatic rings. The van der Waals surface area contributed by atoms with E-state index in [1.165, 1.54) is 6.42 Å². The van der Waals surface area contributed by atoms with Crippen molar-refractivity contribution in [3.05, 3.63) is 0 Å². The monoisotopic (exact) mass is 257 g/mol. The van der Waals surface area contributed by atoms with Crippen molar-refractivity contribution in [2.24, 2.45) is 0 Å². The van der Waals surface area contributed by atoms with Gasteiger partial charge in [0.2, 0.25) is 5.91 Å². The lowest BCUT2D eigenvalue weighted by Gasteiger charge is -2.32. The summed E-state index contributed by atoms with van der Waals surface area (Å²) in [6.45, 7) is 4.17. The van der Waals surface area contributed by atoms with E-state index in [-0.39, 0.29) is 5.91 Å². The van der Waals surface area contributed by atoms with Crippen LogP contribution in [-0.2, 0) is 9.53 Å². The third-order valence-electron chi connectivity index (χ3n) is 3.13. The first-order chi connectivity index (χ1) is 8.63. The van der Waals surface area contributed by atoms with E-state index in [0.29, 0.717) is 25.7 Å². The van der Waals surface area contributed by atoms with Gasteiger partial charge in [-0.1, -0.05) is 6.42 Å². The molecule has 0 spiro atoms. The number of piperidine rings is 1. The zero-order valence-electron chi connectivity index (χ0n) is 11.2. The largest absolute Gasteiger partial charge is 0.383 e. The molecule has 1 saturated heterocycles. The fraction of sp³-hybridized carbons (Fsp3) is 0.833. The van der Waals surface area contributed by atoms with Crippen molar-refractivity contribution in [3.63, 3.8) is 0 Å². The Kier molecular flexibility index (Phi) is 6.67. The molecular formula is C12H23N3O3. The third-order valence-corrected chi connectivity index (χ3v) is 3.13. The van der Waals surface area contributed by atoms with Gasteiger partial charge in [-0.3, -0.25) is 15.0 Å². The smallest absolute Gasteiger partial charge is 0.321 e. The minimum atomic E-state index is -0.457. The van der Waals surface area contributed by atoms with E-state index in [2.05, 4.69) is 22.5 Å². The van der Waals surface area contributed by atoms with E-state index in [4.69, 9.17) is 4.74 Å². The Bertz CT molecular complexity index is 284. The lowest BCUT2D eigenvalue weighted by atomic mass is 10.0. The Morgan fingerprint density at radius 3 is 2.83 bits per heavy atom. The quantitative estimate of drug-likeness (QED) is 0.696. The number of rotatable bonds is 5. The zero-order valence-corrected chi connectivity index (χ0v) is 11.2. The normalized spacial score (nSPS) is 20.4. The first kappa shape index (κ1) is 14.9. The molecule has 3 amide bonds. The first-order valence-electron chi connectivity index (χ1n) is 6.44. The number of hydrogen-bond donors (Lipinski definition) is 2. The van der Waals surface area contributed by atoms with E-state index in [0.717, 1.165) is 19.4 Å². The first-order valence-corrected chi connectivity index (χ1v) is 6.44. The Morgan fingerprint density at radius 1 is 1.39 bits per heavy atom. The highest BCUT2D eigenvalue weighted by Crippen LogP contribution is 2.15. The fourth-order valence-electron chi connectivity index (χ4n) is 2.05. The van der Waals surface area contributed by atoms with Gasteiger partial charge in [0.15, 0.2) is 0 Å². The highest BCUT2D eigenvalue weighted by molar-refractivity contribution is 5.95. The molecule has 1 heterocycles. The van der Waals surface area contributed by atoms with Gasteiger partial charge in [-0.15, -0.1) is 0 Å². The Balaban J connectivity index is 2.21. The summed E-state index contributed by atoms with van der Waals surface area (Å²) in [5.41, 5.74) is 0. The predicted molar refractivity (Wildman–Crippen MR) is 68.3 cm³/mol. The predicted octanol–water partition coefficient (Wildman–Crippen LogP) is 0.333. The maximum atomic E-state index is 11.7. The van der Waals surface area contributed by atoms with E-state index in [1.807, 2.05) is 0 Å². The molecule has 1 atom stereocenters. The van der Waals surface area contributed by atoms with E-state index in [1.54, 1.807) is 7.11 Å². The third kappa shape index (κ3) is 5.46. The molecule has 0 saturated carbocycles. The number of imide groups is 1. The molecule has 6 nitrogen and oxygen atoms in total. The second-order valence-corrected chi connectivity index (χ2v) is 4.61. The molecule has 6 heteroatoms. The highest BCUT2D eigenvalue weighted by atomic mass is 16.5. The van der Waals surface area contributed by atoms with E-state index in [9.17, 15) is 9.59 Å². The van der Waals surface area contributed by atoms with Gasteiger partial charge >= 0.3 is 6.03 Å². The van der Waals surface area contributed by atoms with Crippen molar-refractivity contribution in [2.45, 2.75) is 32.2 Å². The number of carbonyl (C=O) groups excluding carboxylic acids is 2. The Hall–Kier alpha value is -1.14. The maximum Gasteiger partial charge on any atom is 0.321 e. The highest BCUT2D eigenvalue weighted by Gasteiger charge is 2.21. The van der Waals surface area contributed by atoms with Gasteiger partial charge in [0, 0.05) is 19.7 Å². The average Bonchev–Trinajstić information content (AvgIpc) is 2.32. The van der Waals surface area contributed by atoms with Crippen molar-refractivity contribution < 1.29 is 14.3 Å². The van der Waals surface area contributed by atoms with Crippen molar-refractivity contribution in [2.75, 3.05) is 33.4 Å². The van der Waals surface area contributed by atoms with Gasteiger partial charge in [0.25, 0.3) is 0 Å². The summed E-state index contributed by atoms with van der Waals surface area (Å²) in [4.78, 5) is 25.1. The van der Waals surface area contributed by atoms with Crippen molar-refractivity contribution in [1.29, 1.82) is 0 Å². The molecule has 2 N–H and O–H groups in total. The van der Waals surface area contributed by atoms with Crippen LogP contribution in [0.25, 0.3) is 0 Å². The van der Waals surface area contributed by atoms with Crippen LogP contribution in [0.5, 0.6) is 0 Å². The molecule has 18 heavy (non-hydrogen) atoms. The van der Waals surface area contributed by atoms with Crippen molar-refractivity contribution in [1.82, 2.24) is 15.5 Å². The van der Waals surface area contributed by atoms with Gasteiger partial charge in [-0.2, -0.15) is 0 Å². The minimum absolute atomic E-state index is 0.251. The van der Waals surface area contributed by atoms with Crippen LogP contribution in [0, 0.1) is 0 Å². The number of methoxy groups -OCH3 is 1. The van der Waals surface area contributed by atoms with Crippen LogP contribution in [0.2, 0.25) is 0 Å². The molecule has 1 aliphatic heterocycles. The van der Waals surface area contributed by atoms with Gasteiger partial charge < -0.3 is 10.1 Å². The number of urea groups is 1. The number of amides is 3. The molecule has 0 unspecified atom stereocenters. The number of carbonyl (C=O) groups is 2. The summed E-state index contributed by atoms with van der Waals surface area (Å²) >= 11 is 0. The number of ether oxygens (including phenoxy) is 1. The summed E-state index contributed by atoms with van der Waals surface area (Å²) in [5, 5.41) is 4.87. The lowest BCUT2D eigenvalue weighted by Crippen LogP contribution is -2.48. The second-order valence-electron chi connectivity index (χ2n) is 4.61. The molecule has 0 bridgehead atoms. The second kappa shape index (κ2) is 8.05. The number of hydrogen-bond acceptors (Lipinski definition) is 4. The van der Waals surface area contributed by atoms with Crippen LogP contribution < -0.4 is 10.6 Å². The summed E-state index contributed by atoms with van der Waals surface area (Å²) in [7, 11) is 1.56. The topological polar surface area (TPSA) is 70.7 Å². The van der Waals surface area contributed by atoms with Crippen LogP contribution in [-0.4, -0.2) is 56.2 Å². The Morgan fingerprint density at radius 2 is 2.17 bits per heavy atom. The molecule has 0 aromatic heterocycles. The lowest BCUT2D eigenvalue weighted by molar-refractivity contribution is -0.122. The summed E-state index contributed by atoms with van der Waals surface area (Å²) in [6.07, 6.45) is 3.46. The van der Waals surface area contributed by atoms with Crippen LogP contribution in [0.3, 0.4) is 0 Å². The van der Waals surface area contributed by atoms with Crippen LogP contribution >= 0.6 is 0 Å². The zero-order chi connectivity index (χ0) is 13.4. The minimum Gasteiger partial charge on any atom is -0.383 e. The number of likely N-dealkylation sites (tertiary alicyclic amines) is 1. The molecule has 1 rings (SSSR count). The Labute approximate surface area is 108 Å². The molecule has 104 valence electrons. The molecule has 0 radical (unpaired) electrons. The molecule has 1 aliphatic rings. The molecular weight excluding hydrogens is 234 g/mol. The van der Waals surface area contributed by atoms with Crippen LogP contribution in [0.1, 0.15) is 26.2 Å².